The van der Waals surface area contributed by atoms with Crippen molar-refractivity contribution >= 4 is 11.6 Å². The number of nitriles is 1. The quantitative estimate of drug-likeness (QED) is 0.752. The zero-order valence-electron chi connectivity index (χ0n) is 14.7. The van der Waals surface area contributed by atoms with Crippen molar-refractivity contribution in [2.45, 2.75) is 12.8 Å². The van der Waals surface area contributed by atoms with E-state index < -0.39 is 0 Å². The van der Waals surface area contributed by atoms with E-state index in [1.807, 2.05) is 24.3 Å². The van der Waals surface area contributed by atoms with Crippen molar-refractivity contribution in [3.05, 3.63) is 59.7 Å². The van der Waals surface area contributed by atoms with Crippen molar-refractivity contribution in [3.8, 4) is 11.8 Å². The first-order valence-electron chi connectivity index (χ1n) is 8.24. The van der Waals surface area contributed by atoms with Crippen LogP contribution in [-0.4, -0.2) is 38.1 Å². The van der Waals surface area contributed by atoms with Crippen LogP contribution in [0.1, 0.15) is 17.5 Å². The molecule has 1 N–H and O–H groups in total. The monoisotopic (exact) mass is 337 g/mol. The van der Waals surface area contributed by atoms with Crippen LogP contribution in [0.4, 0.5) is 5.69 Å². The summed E-state index contributed by atoms with van der Waals surface area (Å²) in [5.74, 6) is 0.870. The maximum atomic E-state index is 11.7. The van der Waals surface area contributed by atoms with E-state index in [4.69, 9.17) is 10.00 Å². The zero-order chi connectivity index (χ0) is 18.1. The van der Waals surface area contributed by atoms with Crippen molar-refractivity contribution in [2.75, 3.05) is 32.6 Å². The number of rotatable bonds is 8. The zero-order valence-corrected chi connectivity index (χ0v) is 14.7. The molecule has 0 radical (unpaired) electrons. The highest BCUT2D eigenvalue weighted by atomic mass is 16.5. The molecule has 2 aromatic rings. The molecular formula is C20H23N3O2. The van der Waals surface area contributed by atoms with E-state index >= 15 is 0 Å². The van der Waals surface area contributed by atoms with Crippen LogP contribution >= 0.6 is 0 Å². The highest BCUT2D eigenvalue weighted by Crippen LogP contribution is 2.13. The van der Waals surface area contributed by atoms with E-state index in [0.29, 0.717) is 18.6 Å². The molecule has 0 heterocycles. The van der Waals surface area contributed by atoms with E-state index in [1.54, 1.807) is 43.3 Å². The molecule has 0 fully saturated rings. The normalized spacial score (nSPS) is 9.96. The van der Waals surface area contributed by atoms with Gasteiger partial charge in [-0.15, -0.1) is 0 Å². The molecule has 0 atom stereocenters. The molecule has 0 aliphatic rings. The lowest BCUT2D eigenvalue weighted by atomic mass is 10.1. The number of carbonyl (C=O) groups is 1. The predicted molar refractivity (Wildman–Crippen MR) is 98.6 cm³/mol. The summed E-state index contributed by atoms with van der Waals surface area (Å²) in [4.78, 5) is 13.3. The summed E-state index contributed by atoms with van der Waals surface area (Å²) < 4.78 is 5.64. The maximum absolute atomic E-state index is 11.7. The standard InChI is InChI=1S/C20H23N3O2/c1-23(2)20(24)14-16-4-8-18(9-5-16)22-12-3-13-25-19-10-6-17(15-21)7-11-19/h4-11,22H,3,12-14H2,1-2H3. The lowest BCUT2D eigenvalue weighted by Crippen LogP contribution is -2.23. The van der Waals surface area contributed by atoms with Gasteiger partial charge in [-0.3, -0.25) is 4.79 Å². The van der Waals surface area contributed by atoms with E-state index in [9.17, 15) is 4.79 Å². The molecule has 0 bridgehead atoms. The number of benzene rings is 2. The van der Waals surface area contributed by atoms with E-state index in [1.165, 1.54) is 0 Å². The number of hydrogen-bond acceptors (Lipinski definition) is 4. The average molecular weight is 337 g/mol. The maximum Gasteiger partial charge on any atom is 0.226 e. The first-order valence-corrected chi connectivity index (χ1v) is 8.24. The fourth-order valence-corrected chi connectivity index (χ4v) is 2.19. The van der Waals surface area contributed by atoms with Crippen LogP contribution in [0.5, 0.6) is 5.75 Å². The van der Waals surface area contributed by atoms with Crippen molar-refractivity contribution in [1.82, 2.24) is 4.90 Å². The summed E-state index contributed by atoms with van der Waals surface area (Å²) in [5, 5.41) is 12.1. The molecule has 0 saturated heterocycles. The summed E-state index contributed by atoms with van der Waals surface area (Å²) in [7, 11) is 3.52. The molecule has 2 aromatic carbocycles. The predicted octanol–water partition coefficient (Wildman–Crippen LogP) is 3.07. The van der Waals surface area contributed by atoms with Crippen molar-refractivity contribution in [1.29, 1.82) is 5.26 Å². The van der Waals surface area contributed by atoms with Crippen molar-refractivity contribution in [2.24, 2.45) is 0 Å². The summed E-state index contributed by atoms with van der Waals surface area (Å²) in [6.07, 6.45) is 1.28. The molecular weight excluding hydrogens is 314 g/mol. The Bertz CT molecular complexity index is 716. The third-order valence-corrected chi connectivity index (χ3v) is 3.71. The second-order valence-electron chi connectivity index (χ2n) is 5.93. The SMILES string of the molecule is CN(C)C(=O)Cc1ccc(NCCCOc2ccc(C#N)cc2)cc1. The molecule has 0 aromatic heterocycles. The molecule has 2 rings (SSSR count). The van der Waals surface area contributed by atoms with Crippen LogP contribution in [0.2, 0.25) is 0 Å². The van der Waals surface area contributed by atoms with Crippen molar-refractivity contribution < 1.29 is 9.53 Å². The molecule has 0 aliphatic heterocycles. The number of nitrogens with one attached hydrogen (secondary N) is 1. The van der Waals surface area contributed by atoms with Gasteiger partial charge in [-0.2, -0.15) is 5.26 Å². The Morgan fingerprint density at radius 2 is 1.80 bits per heavy atom. The Hall–Kier alpha value is -3.00. The molecule has 1 amide bonds. The number of likely N-dealkylation sites (N-methyl/N-ethyl adjacent to an activating group) is 1. The average Bonchev–Trinajstić information content (AvgIpc) is 2.63. The fraction of sp³-hybridized carbons (Fsp3) is 0.300. The number of hydrogen-bond donors (Lipinski definition) is 1. The number of anilines is 1. The Morgan fingerprint density at radius 3 is 2.40 bits per heavy atom. The topological polar surface area (TPSA) is 65.4 Å². The Kier molecular flexibility index (Phi) is 6.85. The highest BCUT2D eigenvalue weighted by Gasteiger charge is 2.05. The molecule has 0 spiro atoms. The molecule has 0 aliphatic carbocycles. The van der Waals surface area contributed by atoms with Crippen LogP contribution in [0.3, 0.4) is 0 Å². The van der Waals surface area contributed by atoms with Crippen molar-refractivity contribution in [3.63, 3.8) is 0 Å². The summed E-state index contributed by atoms with van der Waals surface area (Å²) >= 11 is 0. The van der Waals surface area contributed by atoms with Gasteiger partial charge in [-0.25, -0.2) is 0 Å². The smallest absolute Gasteiger partial charge is 0.226 e. The summed E-state index contributed by atoms with van der Waals surface area (Å²) in [6, 6.07) is 17.1. The minimum absolute atomic E-state index is 0.0978. The lowest BCUT2D eigenvalue weighted by molar-refractivity contribution is -0.127. The van der Waals surface area contributed by atoms with Crippen LogP contribution in [0, 0.1) is 11.3 Å². The third-order valence-electron chi connectivity index (χ3n) is 3.71. The number of ether oxygens (including phenoxy) is 1. The van der Waals surface area contributed by atoms with Crippen LogP contribution < -0.4 is 10.1 Å². The Balaban J connectivity index is 1.67. The van der Waals surface area contributed by atoms with Crippen LogP contribution in [0.25, 0.3) is 0 Å². The largest absolute Gasteiger partial charge is 0.494 e. The second kappa shape index (κ2) is 9.33. The lowest BCUT2D eigenvalue weighted by Gasteiger charge is -2.11. The first-order chi connectivity index (χ1) is 12.1. The van der Waals surface area contributed by atoms with Gasteiger partial charge < -0.3 is 15.0 Å². The van der Waals surface area contributed by atoms with E-state index in [0.717, 1.165) is 30.0 Å². The van der Waals surface area contributed by atoms with Gasteiger partial charge in [0.25, 0.3) is 0 Å². The first kappa shape index (κ1) is 18.3. The van der Waals surface area contributed by atoms with Crippen LogP contribution in [0.15, 0.2) is 48.5 Å². The minimum Gasteiger partial charge on any atom is -0.494 e. The van der Waals surface area contributed by atoms with E-state index in [-0.39, 0.29) is 5.91 Å². The molecule has 130 valence electrons. The third kappa shape index (κ3) is 6.19. The van der Waals surface area contributed by atoms with Gasteiger partial charge in [0.2, 0.25) is 5.91 Å². The summed E-state index contributed by atoms with van der Waals surface area (Å²) in [6.45, 7) is 1.40. The highest BCUT2D eigenvalue weighted by molar-refractivity contribution is 5.78. The van der Waals surface area contributed by atoms with Gasteiger partial charge in [0, 0.05) is 26.3 Å². The molecule has 0 saturated carbocycles. The summed E-state index contributed by atoms with van der Waals surface area (Å²) in [5.41, 5.74) is 2.66. The number of carbonyl (C=O) groups excluding carboxylic acids is 1. The Morgan fingerprint density at radius 1 is 1.12 bits per heavy atom. The van der Waals surface area contributed by atoms with Gasteiger partial charge >= 0.3 is 0 Å². The number of nitrogens with zero attached hydrogens (tertiary/aromatic N) is 2. The van der Waals surface area contributed by atoms with Crippen LogP contribution in [-0.2, 0) is 11.2 Å². The molecule has 5 nitrogen and oxygen atoms in total. The molecule has 25 heavy (non-hydrogen) atoms. The Labute approximate surface area is 148 Å². The van der Waals surface area contributed by atoms with E-state index in [2.05, 4.69) is 11.4 Å². The van der Waals surface area contributed by atoms with Gasteiger partial charge in [-0.05, 0) is 48.4 Å². The minimum atomic E-state index is 0.0978. The number of amides is 1. The fourth-order valence-electron chi connectivity index (χ4n) is 2.19. The second-order valence-corrected chi connectivity index (χ2v) is 5.93. The van der Waals surface area contributed by atoms with Gasteiger partial charge in [0.15, 0.2) is 0 Å². The van der Waals surface area contributed by atoms with Gasteiger partial charge in [-0.1, -0.05) is 12.1 Å². The van der Waals surface area contributed by atoms with Gasteiger partial charge in [0.1, 0.15) is 5.75 Å². The van der Waals surface area contributed by atoms with Gasteiger partial charge in [0.05, 0.1) is 24.7 Å². The molecule has 0 unspecified atom stereocenters. The molecule has 5 heteroatoms.